The third kappa shape index (κ3) is 4.30. The van der Waals surface area contributed by atoms with Gasteiger partial charge in [0.2, 0.25) is 0 Å². The van der Waals surface area contributed by atoms with Crippen molar-refractivity contribution >= 4 is 40.9 Å². The van der Waals surface area contributed by atoms with E-state index in [-0.39, 0.29) is 11.3 Å². The van der Waals surface area contributed by atoms with Crippen LogP contribution in [0.1, 0.15) is 15.9 Å². The van der Waals surface area contributed by atoms with Crippen LogP contribution in [0.2, 0.25) is 5.02 Å². The molecule has 138 valence electrons. The predicted molar refractivity (Wildman–Crippen MR) is 108 cm³/mol. The van der Waals surface area contributed by atoms with E-state index in [0.717, 1.165) is 5.56 Å². The Labute approximate surface area is 164 Å². The molecule has 0 aliphatic heterocycles. The van der Waals surface area contributed by atoms with Crippen molar-refractivity contribution in [1.82, 2.24) is 4.98 Å². The molecule has 0 radical (unpaired) electrons. The van der Waals surface area contributed by atoms with E-state index in [1.807, 2.05) is 0 Å². The predicted octanol–water partition coefficient (Wildman–Crippen LogP) is 2.60. The zero-order valence-electron chi connectivity index (χ0n) is 14.6. The number of ether oxygens (including phenoxy) is 2. The second-order valence-electron chi connectivity index (χ2n) is 5.53. The summed E-state index contributed by atoms with van der Waals surface area (Å²) in [4.78, 5) is 27.3. The first-order chi connectivity index (χ1) is 13.0. The molecule has 0 saturated heterocycles. The number of carbonyl (C=O) groups is 1. The molecule has 1 heterocycles. The monoisotopic (exact) mass is 401 g/mol. The highest BCUT2D eigenvalue weighted by Crippen LogP contribution is 2.24. The van der Waals surface area contributed by atoms with Crippen LogP contribution in [-0.4, -0.2) is 25.0 Å². The van der Waals surface area contributed by atoms with Crippen LogP contribution in [-0.2, 0) is 0 Å². The molecular weight excluding hydrogens is 386 g/mol. The Morgan fingerprint density at radius 1 is 1.15 bits per heavy atom. The van der Waals surface area contributed by atoms with Crippen molar-refractivity contribution in [3.05, 3.63) is 78.2 Å². The molecule has 2 aromatic carbocycles. The first-order valence-electron chi connectivity index (χ1n) is 7.95. The van der Waals surface area contributed by atoms with E-state index in [2.05, 4.69) is 4.98 Å². The van der Waals surface area contributed by atoms with Crippen LogP contribution < -0.4 is 24.2 Å². The standard InChI is InChI=1S/C20H16ClNO4S/c1-25-13-8-7-12(17(10-13)26-2)9-18-20(24)22-19(27-18)11-16(23)14-5-3-4-6-15(14)21/h3-11H,1-2H3,(H,22,24)/b18-9-,19-11-. The quantitative estimate of drug-likeness (QED) is 0.667. The second-order valence-corrected chi connectivity index (χ2v) is 7.02. The van der Waals surface area contributed by atoms with Gasteiger partial charge in [-0.15, -0.1) is 11.3 Å². The van der Waals surface area contributed by atoms with Gasteiger partial charge in [0.15, 0.2) is 5.78 Å². The summed E-state index contributed by atoms with van der Waals surface area (Å²) in [6.45, 7) is 0. The lowest BCUT2D eigenvalue weighted by Crippen LogP contribution is -2.20. The van der Waals surface area contributed by atoms with Gasteiger partial charge in [0.25, 0.3) is 5.56 Å². The van der Waals surface area contributed by atoms with Crippen LogP contribution in [0.4, 0.5) is 0 Å². The van der Waals surface area contributed by atoms with E-state index >= 15 is 0 Å². The summed E-state index contributed by atoms with van der Waals surface area (Å²) in [6, 6.07) is 12.1. The molecule has 1 N–H and O–H groups in total. The van der Waals surface area contributed by atoms with Crippen molar-refractivity contribution < 1.29 is 14.3 Å². The number of carbonyl (C=O) groups excluding carboxylic acids is 1. The lowest BCUT2D eigenvalue weighted by molar-refractivity contribution is 0.106. The number of ketones is 1. The van der Waals surface area contributed by atoms with Gasteiger partial charge in [0.05, 0.1) is 28.4 Å². The average molecular weight is 402 g/mol. The summed E-state index contributed by atoms with van der Waals surface area (Å²) in [5.41, 5.74) is 0.835. The van der Waals surface area contributed by atoms with Crippen LogP contribution in [0.5, 0.6) is 11.5 Å². The number of rotatable bonds is 5. The van der Waals surface area contributed by atoms with Crippen LogP contribution in [0.3, 0.4) is 0 Å². The molecule has 0 bridgehead atoms. The number of benzene rings is 2. The minimum absolute atomic E-state index is 0.272. The molecular formula is C20H16ClNO4S. The Bertz CT molecular complexity index is 1160. The Morgan fingerprint density at radius 2 is 1.93 bits per heavy atom. The van der Waals surface area contributed by atoms with Gasteiger partial charge in [-0.25, -0.2) is 0 Å². The molecule has 27 heavy (non-hydrogen) atoms. The molecule has 0 atom stereocenters. The fourth-order valence-electron chi connectivity index (χ4n) is 2.46. The molecule has 3 aromatic rings. The third-order valence-corrected chi connectivity index (χ3v) is 5.10. The number of halogens is 1. The lowest BCUT2D eigenvalue weighted by Gasteiger charge is -2.06. The first kappa shape index (κ1) is 18.9. The normalized spacial score (nSPS) is 12.3. The minimum atomic E-state index is -0.281. The molecule has 1 aromatic heterocycles. The van der Waals surface area contributed by atoms with E-state index in [0.29, 0.717) is 31.3 Å². The molecule has 0 unspecified atom stereocenters. The molecule has 7 heteroatoms. The van der Waals surface area contributed by atoms with Gasteiger partial charge in [-0.2, -0.15) is 0 Å². The van der Waals surface area contributed by atoms with Crippen LogP contribution in [0, 0.1) is 0 Å². The summed E-state index contributed by atoms with van der Waals surface area (Å²) in [6.07, 6.45) is 3.08. The number of nitrogens with one attached hydrogen (secondary N) is 1. The van der Waals surface area contributed by atoms with E-state index in [1.165, 1.54) is 17.4 Å². The number of H-pyrrole nitrogens is 1. The number of hydrogen-bond acceptors (Lipinski definition) is 5. The molecule has 0 aliphatic carbocycles. The Morgan fingerprint density at radius 3 is 2.63 bits per heavy atom. The number of aromatic amines is 1. The maximum absolute atomic E-state index is 12.4. The fourth-order valence-corrected chi connectivity index (χ4v) is 3.57. The van der Waals surface area contributed by atoms with Crippen LogP contribution in [0.25, 0.3) is 12.2 Å². The van der Waals surface area contributed by atoms with Crippen molar-refractivity contribution in [3.8, 4) is 11.5 Å². The van der Waals surface area contributed by atoms with Gasteiger partial charge in [0, 0.05) is 23.3 Å². The highest BCUT2D eigenvalue weighted by molar-refractivity contribution is 7.07. The summed E-state index contributed by atoms with van der Waals surface area (Å²) >= 11 is 7.23. The Balaban J connectivity index is 2.02. The van der Waals surface area contributed by atoms with Crippen molar-refractivity contribution in [2.24, 2.45) is 0 Å². The van der Waals surface area contributed by atoms with Gasteiger partial charge < -0.3 is 14.5 Å². The molecule has 0 spiro atoms. The average Bonchev–Trinajstić information content (AvgIpc) is 3.01. The summed E-state index contributed by atoms with van der Waals surface area (Å²) < 4.78 is 11.4. The molecule has 5 nitrogen and oxygen atoms in total. The summed E-state index contributed by atoms with van der Waals surface area (Å²) in [5.74, 6) is 0.968. The largest absolute Gasteiger partial charge is 0.497 e. The van der Waals surface area contributed by atoms with E-state index < -0.39 is 0 Å². The van der Waals surface area contributed by atoms with E-state index in [1.54, 1.807) is 62.8 Å². The maximum atomic E-state index is 12.4. The van der Waals surface area contributed by atoms with Crippen LogP contribution in [0.15, 0.2) is 47.3 Å². The van der Waals surface area contributed by atoms with Gasteiger partial charge in [0.1, 0.15) is 11.5 Å². The Hall–Kier alpha value is -2.83. The van der Waals surface area contributed by atoms with Gasteiger partial charge in [-0.05, 0) is 30.3 Å². The van der Waals surface area contributed by atoms with E-state index in [4.69, 9.17) is 21.1 Å². The molecule has 0 fully saturated rings. The minimum Gasteiger partial charge on any atom is -0.497 e. The number of Topliss-reactive ketones (excluding diaryl/α,β-unsaturated/α-hetero) is 1. The SMILES string of the molecule is COc1ccc(/C=c2\s/c(=C\C(=O)c3ccccc3Cl)[nH]c2=O)c(OC)c1. The van der Waals surface area contributed by atoms with Crippen LogP contribution >= 0.6 is 22.9 Å². The molecule has 0 aliphatic rings. The lowest BCUT2D eigenvalue weighted by atomic mass is 10.1. The molecule has 0 amide bonds. The number of thiazole rings is 1. The van der Waals surface area contributed by atoms with Gasteiger partial charge >= 0.3 is 0 Å². The smallest absolute Gasteiger partial charge is 0.266 e. The highest BCUT2D eigenvalue weighted by Gasteiger charge is 2.08. The number of methoxy groups -OCH3 is 2. The molecule has 0 saturated carbocycles. The zero-order valence-corrected chi connectivity index (χ0v) is 16.2. The van der Waals surface area contributed by atoms with Gasteiger partial charge in [-0.1, -0.05) is 23.7 Å². The second kappa shape index (κ2) is 8.24. The third-order valence-electron chi connectivity index (χ3n) is 3.81. The molecule has 3 rings (SSSR count). The highest BCUT2D eigenvalue weighted by atomic mass is 35.5. The van der Waals surface area contributed by atoms with Crippen molar-refractivity contribution in [1.29, 1.82) is 0 Å². The number of hydrogen-bond donors (Lipinski definition) is 1. The van der Waals surface area contributed by atoms with Gasteiger partial charge in [-0.3, -0.25) is 9.59 Å². The van der Waals surface area contributed by atoms with Crippen molar-refractivity contribution in [3.63, 3.8) is 0 Å². The van der Waals surface area contributed by atoms with E-state index in [9.17, 15) is 9.59 Å². The topological polar surface area (TPSA) is 68.4 Å². The Kier molecular flexibility index (Phi) is 5.78. The van der Waals surface area contributed by atoms with Crippen molar-refractivity contribution in [2.75, 3.05) is 14.2 Å². The van der Waals surface area contributed by atoms with Crippen molar-refractivity contribution in [2.45, 2.75) is 0 Å². The summed E-state index contributed by atoms with van der Waals surface area (Å²) in [5, 5.41) is 0.368. The maximum Gasteiger partial charge on any atom is 0.266 e. The fraction of sp³-hybridized carbons (Fsp3) is 0.100. The zero-order chi connectivity index (χ0) is 19.4. The summed E-state index contributed by atoms with van der Waals surface area (Å²) in [7, 11) is 3.12. The first-order valence-corrected chi connectivity index (χ1v) is 9.14. The number of aromatic nitrogens is 1.